The molecule has 0 bridgehead atoms. The Labute approximate surface area is 200 Å². The smallest absolute Gasteiger partial charge is 0.124 e. The van der Waals surface area contributed by atoms with Gasteiger partial charge in [0.25, 0.3) is 0 Å². The molecule has 0 N–H and O–H groups in total. The van der Waals surface area contributed by atoms with Gasteiger partial charge in [-0.25, -0.2) is 8.42 Å². The largest absolute Gasteiger partial charge is 0.744 e. The average molecular weight is 471 g/mol. The van der Waals surface area contributed by atoms with Gasteiger partial charge in [-0.3, -0.25) is 4.90 Å². The Morgan fingerprint density at radius 3 is 2.15 bits per heavy atom. The first-order valence-corrected chi connectivity index (χ1v) is 13.5. The van der Waals surface area contributed by atoms with Crippen LogP contribution in [0.15, 0.2) is 71.1 Å². The first kappa shape index (κ1) is 25.6. The van der Waals surface area contributed by atoms with Crippen LogP contribution in [0.1, 0.15) is 49.8 Å². The van der Waals surface area contributed by atoms with Crippen LogP contribution in [0.4, 0.5) is 0 Å². The number of allylic oxidation sites excluding steroid dienone is 1. The number of hydrogen-bond acceptors (Lipinski definition) is 4. The third kappa shape index (κ3) is 7.24. The summed E-state index contributed by atoms with van der Waals surface area (Å²) in [6, 6.07) is 17.5. The van der Waals surface area contributed by atoms with Gasteiger partial charge in [-0.15, -0.1) is 0 Å². The third-order valence-electron chi connectivity index (χ3n) is 7.08. The molecule has 1 aliphatic heterocycles. The van der Waals surface area contributed by atoms with Crippen molar-refractivity contribution in [2.75, 3.05) is 39.8 Å². The Morgan fingerprint density at radius 2 is 1.64 bits per heavy atom. The highest BCUT2D eigenvalue weighted by Gasteiger charge is 2.33. The number of likely N-dealkylation sites (N-methyl/N-ethyl adjacent to an activating group) is 1. The fraction of sp³-hybridized carbons (Fsp3) is 0.481. The lowest BCUT2D eigenvalue weighted by Gasteiger charge is -2.45. The third-order valence-corrected chi connectivity index (χ3v) is 7.93. The maximum Gasteiger partial charge on any atom is 0.124 e. The molecule has 5 nitrogen and oxygen atoms in total. The normalized spacial score (nSPS) is 19.7. The first-order chi connectivity index (χ1) is 15.7. The monoisotopic (exact) mass is 470 g/mol. The van der Waals surface area contributed by atoms with E-state index in [-0.39, 0.29) is 4.90 Å². The van der Waals surface area contributed by atoms with E-state index < -0.39 is 10.1 Å². The predicted octanol–water partition coefficient (Wildman–Crippen LogP) is 4.91. The van der Waals surface area contributed by atoms with Crippen LogP contribution in [0.25, 0.3) is 0 Å². The van der Waals surface area contributed by atoms with Gasteiger partial charge in [-0.05, 0) is 57.2 Å². The summed E-state index contributed by atoms with van der Waals surface area (Å²) in [4.78, 5) is 2.56. The molecule has 2 aromatic rings. The number of quaternary nitrogens is 1. The van der Waals surface area contributed by atoms with Gasteiger partial charge in [-0.1, -0.05) is 59.7 Å². The molecule has 1 aliphatic carbocycles. The zero-order valence-corrected chi connectivity index (χ0v) is 21.1. The number of piperazine rings is 1. The van der Waals surface area contributed by atoms with Crippen LogP contribution in [0, 0.1) is 6.92 Å². The first-order valence-electron chi connectivity index (χ1n) is 12.1. The molecular formula is C27H38N2O3S. The van der Waals surface area contributed by atoms with Gasteiger partial charge in [0.2, 0.25) is 0 Å². The van der Waals surface area contributed by atoms with Crippen LogP contribution in [0.2, 0.25) is 0 Å². The molecule has 0 amide bonds. The van der Waals surface area contributed by atoms with Gasteiger partial charge in [0.15, 0.2) is 0 Å². The molecule has 1 heterocycles. The fourth-order valence-corrected chi connectivity index (χ4v) is 5.12. The highest BCUT2D eigenvalue weighted by molar-refractivity contribution is 7.85. The second-order valence-electron chi connectivity index (χ2n) is 9.52. The van der Waals surface area contributed by atoms with Crippen LogP contribution >= 0.6 is 0 Å². The van der Waals surface area contributed by atoms with Crippen molar-refractivity contribution in [2.24, 2.45) is 0 Å². The highest BCUT2D eigenvalue weighted by atomic mass is 32.2. The number of benzene rings is 2. The molecule has 0 radical (unpaired) electrons. The Balaban J connectivity index is 0.000000235. The summed E-state index contributed by atoms with van der Waals surface area (Å²) in [6.45, 7) is 10.4. The summed E-state index contributed by atoms with van der Waals surface area (Å²) < 4.78 is 32.4. The molecule has 180 valence electrons. The fourth-order valence-electron chi connectivity index (χ4n) is 4.65. The van der Waals surface area contributed by atoms with Crippen molar-refractivity contribution in [1.29, 1.82) is 0 Å². The molecule has 1 saturated heterocycles. The van der Waals surface area contributed by atoms with Gasteiger partial charge < -0.3 is 9.04 Å². The van der Waals surface area contributed by atoms with Crippen molar-refractivity contribution in [3.63, 3.8) is 0 Å². The molecule has 0 spiro atoms. The zero-order valence-electron chi connectivity index (χ0n) is 20.2. The average Bonchev–Trinajstić information content (AvgIpc) is 2.82. The summed E-state index contributed by atoms with van der Waals surface area (Å²) in [5.74, 6) is 0. The minimum Gasteiger partial charge on any atom is -0.744 e. The number of hydrogen-bond donors (Lipinski definition) is 0. The minimum absolute atomic E-state index is 0.178. The summed E-state index contributed by atoms with van der Waals surface area (Å²) in [7, 11) is -1.86. The molecule has 2 aliphatic rings. The van der Waals surface area contributed by atoms with Crippen LogP contribution in [-0.4, -0.2) is 62.1 Å². The van der Waals surface area contributed by atoms with E-state index in [4.69, 9.17) is 0 Å². The van der Waals surface area contributed by atoms with Gasteiger partial charge in [0, 0.05) is 13.1 Å². The molecule has 1 fully saturated rings. The summed E-state index contributed by atoms with van der Waals surface area (Å²) in [6.07, 6.45) is 7.83. The van der Waals surface area contributed by atoms with E-state index in [0.29, 0.717) is 6.04 Å². The number of nitrogens with zero attached hydrogens (tertiary/aromatic N) is 2. The second kappa shape index (κ2) is 11.4. The summed E-state index contributed by atoms with van der Waals surface area (Å²) in [5, 5.41) is 0. The SMILES string of the molecule is CC[N+]1(C)CCN(C(C2=CCCCC2)c2ccccc2)CC1.Cc1ccc(S(=O)(=O)[O-])cc1. The number of rotatable bonds is 5. The topological polar surface area (TPSA) is 60.4 Å². The van der Waals surface area contributed by atoms with E-state index in [1.165, 1.54) is 80.6 Å². The maximum atomic E-state index is 10.4. The van der Waals surface area contributed by atoms with E-state index in [1.807, 2.05) is 6.92 Å². The lowest BCUT2D eigenvalue weighted by molar-refractivity contribution is -0.912. The van der Waals surface area contributed by atoms with Crippen molar-refractivity contribution < 1.29 is 17.5 Å². The van der Waals surface area contributed by atoms with E-state index >= 15 is 0 Å². The van der Waals surface area contributed by atoms with Crippen molar-refractivity contribution in [3.05, 3.63) is 77.4 Å². The van der Waals surface area contributed by atoms with E-state index in [0.717, 1.165) is 5.56 Å². The van der Waals surface area contributed by atoms with Gasteiger partial charge in [0.05, 0.1) is 37.6 Å². The lowest BCUT2D eigenvalue weighted by atomic mass is 9.88. The molecule has 0 saturated carbocycles. The molecular weight excluding hydrogens is 432 g/mol. The minimum atomic E-state index is -4.27. The highest BCUT2D eigenvalue weighted by Crippen LogP contribution is 2.35. The molecule has 0 aromatic heterocycles. The molecule has 2 aromatic carbocycles. The molecule has 1 unspecified atom stereocenters. The van der Waals surface area contributed by atoms with Crippen molar-refractivity contribution in [2.45, 2.75) is 50.5 Å². The standard InChI is InChI=1S/C20H31N2.C7H8O3S/c1-3-22(2)16-14-21(15-17-22)20(18-10-6-4-7-11-18)19-12-8-5-9-13-19;1-6-2-4-7(5-3-6)11(8,9)10/h4,6-7,10-12,20H,3,5,8-9,13-17H2,1-2H3;2-5H,1H3,(H,8,9,10)/q+1;/p-1. The molecule has 6 heteroatoms. The Hall–Kier alpha value is -1.99. The Kier molecular flexibility index (Phi) is 8.88. The van der Waals surface area contributed by atoms with Crippen LogP contribution in [-0.2, 0) is 10.1 Å². The molecule has 33 heavy (non-hydrogen) atoms. The van der Waals surface area contributed by atoms with Crippen LogP contribution in [0.3, 0.4) is 0 Å². The van der Waals surface area contributed by atoms with Crippen molar-refractivity contribution in [1.82, 2.24) is 4.90 Å². The van der Waals surface area contributed by atoms with Gasteiger partial charge >= 0.3 is 0 Å². The van der Waals surface area contributed by atoms with E-state index in [2.05, 4.69) is 55.3 Å². The maximum absolute atomic E-state index is 10.4. The molecule has 4 rings (SSSR count). The second-order valence-corrected chi connectivity index (χ2v) is 10.9. The van der Waals surface area contributed by atoms with E-state index in [1.54, 1.807) is 17.7 Å². The van der Waals surface area contributed by atoms with Crippen molar-refractivity contribution in [3.8, 4) is 0 Å². The zero-order chi connectivity index (χ0) is 23.9. The number of aryl methyl sites for hydroxylation is 1. The summed E-state index contributed by atoms with van der Waals surface area (Å²) in [5.41, 5.74) is 4.09. The van der Waals surface area contributed by atoms with Crippen molar-refractivity contribution >= 4 is 10.1 Å². The summed E-state index contributed by atoms with van der Waals surface area (Å²) >= 11 is 0. The van der Waals surface area contributed by atoms with E-state index in [9.17, 15) is 13.0 Å². The van der Waals surface area contributed by atoms with Gasteiger partial charge in [-0.2, -0.15) is 0 Å². The predicted molar refractivity (Wildman–Crippen MR) is 133 cm³/mol. The van der Waals surface area contributed by atoms with Crippen LogP contribution < -0.4 is 0 Å². The quantitative estimate of drug-likeness (QED) is 0.354. The van der Waals surface area contributed by atoms with Crippen LogP contribution in [0.5, 0.6) is 0 Å². The van der Waals surface area contributed by atoms with Gasteiger partial charge in [0.1, 0.15) is 10.1 Å². The lowest BCUT2D eigenvalue weighted by Crippen LogP contribution is -2.57. The Bertz CT molecular complexity index is 1010. The molecule has 1 atom stereocenters. The Morgan fingerprint density at radius 1 is 1.00 bits per heavy atom.